The van der Waals surface area contributed by atoms with E-state index >= 15 is 0 Å². The standard InChI is InChI=1S/C27H36ClN3O4/c1-18(2)14-31(16-20-11-22(28)26-25(13-20)34-9-4-10-35-26)27(32)21-7-8-30(17-21)15-19-5-6-24(33-3)23(29)12-19/h5-6,11-13,18,21H,4,7-10,14-17,29H2,1-3H3. The van der Waals surface area contributed by atoms with Crippen molar-refractivity contribution in [2.24, 2.45) is 11.8 Å². The summed E-state index contributed by atoms with van der Waals surface area (Å²) >= 11 is 6.51. The minimum Gasteiger partial charge on any atom is -0.495 e. The van der Waals surface area contributed by atoms with Gasteiger partial charge in [-0.15, -0.1) is 0 Å². The van der Waals surface area contributed by atoms with Gasteiger partial charge in [0.25, 0.3) is 0 Å². The SMILES string of the molecule is COc1ccc(CN2CCC(C(=O)N(Cc3cc(Cl)c4c(c3)OCCCO4)CC(C)C)C2)cc1N. The Kier molecular flexibility index (Phi) is 8.29. The molecule has 1 fully saturated rings. The van der Waals surface area contributed by atoms with Gasteiger partial charge in [-0.05, 0) is 54.3 Å². The van der Waals surface area contributed by atoms with Crippen LogP contribution >= 0.6 is 11.6 Å². The van der Waals surface area contributed by atoms with Gasteiger partial charge in [0.05, 0.1) is 37.0 Å². The average Bonchev–Trinajstić information content (AvgIpc) is 3.14. The topological polar surface area (TPSA) is 77.3 Å². The molecule has 2 N–H and O–H groups in total. The third-order valence-corrected chi connectivity index (χ3v) is 6.74. The zero-order valence-electron chi connectivity index (χ0n) is 20.9. The summed E-state index contributed by atoms with van der Waals surface area (Å²) in [4.78, 5) is 17.9. The van der Waals surface area contributed by atoms with Crippen molar-refractivity contribution in [1.29, 1.82) is 0 Å². The zero-order chi connectivity index (χ0) is 24.9. The second-order valence-electron chi connectivity index (χ2n) is 9.87. The molecule has 1 atom stereocenters. The van der Waals surface area contributed by atoms with E-state index in [0.29, 0.717) is 60.2 Å². The minimum atomic E-state index is -0.0276. The van der Waals surface area contributed by atoms with Crippen LogP contribution in [0.4, 0.5) is 5.69 Å². The molecule has 0 radical (unpaired) electrons. The number of hydrogen-bond donors (Lipinski definition) is 1. The van der Waals surface area contributed by atoms with Gasteiger partial charge in [0.2, 0.25) is 5.91 Å². The molecule has 1 unspecified atom stereocenters. The number of methoxy groups -OCH3 is 1. The van der Waals surface area contributed by atoms with Crippen molar-refractivity contribution >= 4 is 23.2 Å². The Morgan fingerprint density at radius 3 is 2.77 bits per heavy atom. The lowest BCUT2D eigenvalue weighted by Gasteiger charge is -2.28. The maximum absolute atomic E-state index is 13.6. The lowest BCUT2D eigenvalue weighted by atomic mass is 10.0. The Morgan fingerprint density at radius 1 is 1.23 bits per heavy atom. The highest BCUT2D eigenvalue weighted by Gasteiger charge is 2.32. The number of amides is 1. The van der Waals surface area contributed by atoms with Gasteiger partial charge in [-0.2, -0.15) is 0 Å². The highest BCUT2D eigenvalue weighted by molar-refractivity contribution is 6.32. The highest BCUT2D eigenvalue weighted by atomic mass is 35.5. The number of nitrogens with two attached hydrogens (primary N) is 1. The fourth-order valence-electron chi connectivity index (χ4n) is 4.85. The lowest BCUT2D eigenvalue weighted by molar-refractivity contribution is -0.136. The molecular formula is C27H36ClN3O4. The molecule has 0 saturated carbocycles. The van der Waals surface area contributed by atoms with E-state index in [1.165, 1.54) is 0 Å². The molecule has 0 aliphatic carbocycles. The summed E-state index contributed by atoms with van der Waals surface area (Å²) in [7, 11) is 1.62. The Bertz CT molecular complexity index is 1050. The van der Waals surface area contributed by atoms with Gasteiger partial charge in [0, 0.05) is 32.6 Å². The summed E-state index contributed by atoms with van der Waals surface area (Å²) in [6.45, 7) is 9.03. The molecule has 0 bridgehead atoms. The van der Waals surface area contributed by atoms with Crippen molar-refractivity contribution < 1.29 is 19.0 Å². The smallest absolute Gasteiger partial charge is 0.227 e. The van der Waals surface area contributed by atoms with Crippen molar-refractivity contribution in [3.63, 3.8) is 0 Å². The Morgan fingerprint density at radius 2 is 2.03 bits per heavy atom. The van der Waals surface area contributed by atoms with Crippen molar-refractivity contribution in [3.05, 3.63) is 46.5 Å². The predicted molar refractivity (Wildman–Crippen MR) is 138 cm³/mol. The van der Waals surface area contributed by atoms with E-state index in [1.54, 1.807) is 7.11 Å². The molecule has 2 aromatic rings. The quantitative estimate of drug-likeness (QED) is 0.533. The largest absolute Gasteiger partial charge is 0.495 e. The van der Waals surface area contributed by atoms with Crippen LogP contribution < -0.4 is 19.9 Å². The fraction of sp³-hybridized carbons (Fsp3) is 0.519. The van der Waals surface area contributed by atoms with Crippen molar-refractivity contribution in [1.82, 2.24) is 9.80 Å². The monoisotopic (exact) mass is 501 g/mol. The van der Waals surface area contributed by atoms with E-state index in [9.17, 15) is 4.79 Å². The van der Waals surface area contributed by atoms with Crippen LogP contribution in [0.3, 0.4) is 0 Å². The molecule has 190 valence electrons. The van der Waals surface area contributed by atoms with E-state index in [2.05, 4.69) is 18.7 Å². The Labute approximate surface area is 213 Å². The number of carbonyl (C=O) groups is 1. The molecule has 2 heterocycles. The van der Waals surface area contributed by atoms with Crippen molar-refractivity contribution in [2.45, 2.75) is 39.8 Å². The second kappa shape index (κ2) is 11.4. The lowest BCUT2D eigenvalue weighted by Crippen LogP contribution is -2.39. The molecule has 7 nitrogen and oxygen atoms in total. The zero-order valence-corrected chi connectivity index (χ0v) is 21.6. The van der Waals surface area contributed by atoms with Crippen LogP contribution in [0.15, 0.2) is 30.3 Å². The number of anilines is 1. The van der Waals surface area contributed by atoms with Crippen molar-refractivity contribution in [2.75, 3.05) is 45.7 Å². The molecule has 0 aromatic heterocycles. The minimum absolute atomic E-state index is 0.0276. The molecule has 4 rings (SSSR count). The van der Waals surface area contributed by atoms with Crippen LogP contribution in [-0.2, 0) is 17.9 Å². The number of nitrogen functional groups attached to an aromatic ring is 1. The summed E-state index contributed by atoms with van der Waals surface area (Å²) in [5.41, 5.74) is 8.78. The summed E-state index contributed by atoms with van der Waals surface area (Å²) < 4.78 is 16.9. The molecule has 1 saturated heterocycles. The molecule has 35 heavy (non-hydrogen) atoms. The molecular weight excluding hydrogens is 466 g/mol. The second-order valence-corrected chi connectivity index (χ2v) is 10.3. The summed E-state index contributed by atoms with van der Waals surface area (Å²) in [6.07, 6.45) is 1.67. The van der Waals surface area contributed by atoms with E-state index in [0.717, 1.165) is 43.6 Å². The summed E-state index contributed by atoms with van der Waals surface area (Å²) in [6, 6.07) is 9.73. The van der Waals surface area contributed by atoms with Crippen LogP contribution in [0, 0.1) is 11.8 Å². The van der Waals surface area contributed by atoms with E-state index in [4.69, 9.17) is 31.5 Å². The normalized spacial score (nSPS) is 17.9. The van der Waals surface area contributed by atoms with E-state index in [-0.39, 0.29) is 11.8 Å². The maximum Gasteiger partial charge on any atom is 0.227 e. The molecule has 8 heteroatoms. The van der Waals surface area contributed by atoms with Gasteiger partial charge < -0.3 is 24.8 Å². The van der Waals surface area contributed by atoms with Crippen LogP contribution in [-0.4, -0.2) is 55.7 Å². The van der Waals surface area contributed by atoms with Gasteiger partial charge in [0.15, 0.2) is 11.5 Å². The average molecular weight is 502 g/mol. The predicted octanol–water partition coefficient (Wildman–Crippen LogP) is 4.60. The highest BCUT2D eigenvalue weighted by Crippen LogP contribution is 2.38. The van der Waals surface area contributed by atoms with Crippen molar-refractivity contribution in [3.8, 4) is 17.2 Å². The van der Waals surface area contributed by atoms with E-state index in [1.807, 2.05) is 35.2 Å². The Balaban J connectivity index is 1.43. The van der Waals surface area contributed by atoms with Gasteiger partial charge in [0.1, 0.15) is 5.75 Å². The summed E-state index contributed by atoms with van der Waals surface area (Å²) in [5.74, 6) is 2.46. The number of rotatable bonds is 8. The first-order chi connectivity index (χ1) is 16.8. The van der Waals surface area contributed by atoms with Gasteiger partial charge in [-0.1, -0.05) is 31.5 Å². The molecule has 0 spiro atoms. The summed E-state index contributed by atoms with van der Waals surface area (Å²) in [5, 5.41) is 0.530. The fourth-order valence-corrected chi connectivity index (χ4v) is 5.13. The molecule has 1 amide bonds. The number of ether oxygens (including phenoxy) is 3. The third-order valence-electron chi connectivity index (χ3n) is 6.45. The van der Waals surface area contributed by atoms with Crippen LogP contribution in [0.25, 0.3) is 0 Å². The first-order valence-corrected chi connectivity index (χ1v) is 12.7. The van der Waals surface area contributed by atoms with E-state index < -0.39 is 0 Å². The number of likely N-dealkylation sites (tertiary alicyclic amines) is 1. The Hall–Kier alpha value is -2.64. The molecule has 2 aliphatic heterocycles. The number of halogens is 1. The number of carbonyl (C=O) groups excluding carboxylic acids is 1. The number of fused-ring (bicyclic) bond motifs is 1. The van der Waals surface area contributed by atoms with Gasteiger partial charge in [-0.25, -0.2) is 0 Å². The van der Waals surface area contributed by atoms with Gasteiger partial charge in [-0.3, -0.25) is 9.69 Å². The van der Waals surface area contributed by atoms with Gasteiger partial charge >= 0.3 is 0 Å². The van der Waals surface area contributed by atoms with Crippen LogP contribution in [0.5, 0.6) is 17.2 Å². The number of benzene rings is 2. The third kappa shape index (κ3) is 6.33. The van der Waals surface area contributed by atoms with Crippen LogP contribution in [0.2, 0.25) is 5.02 Å². The number of hydrogen-bond acceptors (Lipinski definition) is 6. The number of nitrogens with zero attached hydrogens (tertiary/aromatic N) is 2. The maximum atomic E-state index is 13.6. The molecule has 2 aromatic carbocycles. The first-order valence-electron chi connectivity index (χ1n) is 12.4. The first kappa shape index (κ1) is 25.5. The van der Waals surface area contributed by atoms with Crippen LogP contribution in [0.1, 0.15) is 37.8 Å². The molecule has 2 aliphatic rings.